The van der Waals surface area contributed by atoms with Crippen LogP contribution in [0.25, 0.3) is 0 Å². The van der Waals surface area contributed by atoms with E-state index in [4.69, 9.17) is 20.9 Å². The molecule has 0 radical (unpaired) electrons. The van der Waals surface area contributed by atoms with Gasteiger partial charge in [0.25, 0.3) is 0 Å². The minimum atomic E-state index is -0.903. The Morgan fingerprint density at radius 3 is 2.41 bits per heavy atom. The number of nitrogens with two attached hydrogens (primary N) is 2. The molecule has 2 atom stereocenters. The molecule has 0 aromatic carbocycles. The highest BCUT2D eigenvalue weighted by Crippen LogP contribution is 2.60. The summed E-state index contributed by atoms with van der Waals surface area (Å²) in [6, 6.07) is 0. The van der Waals surface area contributed by atoms with Crippen LogP contribution in [-0.2, 0) is 9.47 Å². The average molecular weight is 240 g/mol. The number of allylic oxidation sites excluding steroid dienone is 1. The van der Waals surface area contributed by atoms with Gasteiger partial charge in [-0.3, -0.25) is 0 Å². The second-order valence-corrected chi connectivity index (χ2v) is 5.03. The first-order chi connectivity index (χ1) is 7.79. The van der Waals surface area contributed by atoms with E-state index in [2.05, 4.69) is 0 Å². The molecule has 0 aromatic heterocycles. The lowest BCUT2D eigenvalue weighted by Gasteiger charge is -2.29. The smallest absolute Gasteiger partial charge is 0.409 e. The van der Waals surface area contributed by atoms with Crippen LogP contribution in [0.4, 0.5) is 9.59 Å². The SMILES string of the molecule is CC1=C(OC(N)=O)C2(OC(N)=O)CCC1(C)C2. The number of carbonyl (C=O) groups excluding carboxylic acids is 2. The predicted octanol–water partition coefficient (Wildman–Crippen LogP) is 1.39. The van der Waals surface area contributed by atoms with Crippen molar-refractivity contribution in [2.45, 2.75) is 38.7 Å². The van der Waals surface area contributed by atoms with Crippen LogP contribution in [0.3, 0.4) is 0 Å². The van der Waals surface area contributed by atoms with Gasteiger partial charge in [0.2, 0.25) is 0 Å². The van der Waals surface area contributed by atoms with Gasteiger partial charge in [0.1, 0.15) is 0 Å². The van der Waals surface area contributed by atoms with E-state index in [-0.39, 0.29) is 5.41 Å². The van der Waals surface area contributed by atoms with Crippen molar-refractivity contribution >= 4 is 12.2 Å². The molecule has 0 heterocycles. The Balaban J connectivity index is 2.39. The highest BCUT2D eigenvalue weighted by molar-refractivity contribution is 5.69. The molecule has 2 unspecified atom stereocenters. The van der Waals surface area contributed by atoms with Crippen molar-refractivity contribution in [1.29, 1.82) is 0 Å². The zero-order valence-electron chi connectivity index (χ0n) is 9.91. The number of hydrogen-bond acceptors (Lipinski definition) is 4. The van der Waals surface area contributed by atoms with E-state index in [1.54, 1.807) is 0 Å². The number of hydrogen-bond donors (Lipinski definition) is 2. The average Bonchev–Trinajstić information content (AvgIpc) is 2.59. The van der Waals surface area contributed by atoms with Crippen molar-refractivity contribution in [2.75, 3.05) is 0 Å². The lowest BCUT2D eigenvalue weighted by molar-refractivity contribution is 0.0179. The maximum absolute atomic E-state index is 11.0. The van der Waals surface area contributed by atoms with Gasteiger partial charge in [-0.1, -0.05) is 6.92 Å². The Labute approximate surface area is 98.9 Å². The molecule has 6 nitrogen and oxygen atoms in total. The van der Waals surface area contributed by atoms with E-state index >= 15 is 0 Å². The first kappa shape index (κ1) is 11.8. The molecule has 0 aromatic rings. The summed E-state index contributed by atoms with van der Waals surface area (Å²) in [5, 5.41) is 0. The minimum Gasteiger partial charge on any atom is -0.435 e. The van der Waals surface area contributed by atoms with Gasteiger partial charge >= 0.3 is 12.2 Å². The fraction of sp³-hybridized carbons (Fsp3) is 0.636. The first-order valence-corrected chi connectivity index (χ1v) is 5.47. The van der Waals surface area contributed by atoms with Crippen LogP contribution in [0.1, 0.15) is 33.1 Å². The van der Waals surface area contributed by atoms with Crippen LogP contribution in [0, 0.1) is 5.41 Å². The van der Waals surface area contributed by atoms with Crippen LogP contribution in [0.5, 0.6) is 0 Å². The van der Waals surface area contributed by atoms with Crippen LogP contribution in [0.15, 0.2) is 11.3 Å². The lowest BCUT2D eigenvalue weighted by Crippen LogP contribution is -2.37. The van der Waals surface area contributed by atoms with Crippen LogP contribution in [0.2, 0.25) is 0 Å². The highest BCUT2D eigenvalue weighted by atomic mass is 16.6. The normalized spacial score (nSPS) is 34.9. The van der Waals surface area contributed by atoms with Gasteiger partial charge in [0, 0.05) is 6.42 Å². The van der Waals surface area contributed by atoms with Gasteiger partial charge < -0.3 is 20.9 Å². The molecule has 1 saturated carbocycles. The number of amides is 2. The molecule has 2 aliphatic carbocycles. The third kappa shape index (κ3) is 1.64. The monoisotopic (exact) mass is 240 g/mol. The Morgan fingerprint density at radius 1 is 1.24 bits per heavy atom. The summed E-state index contributed by atoms with van der Waals surface area (Å²) >= 11 is 0. The third-order valence-corrected chi connectivity index (χ3v) is 3.91. The van der Waals surface area contributed by atoms with E-state index in [1.807, 2.05) is 13.8 Å². The molecule has 6 heteroatoms. The van der Waals surface area contributed by atoms with Gasteiger partial charge in [-0.15, -0.1) is 0 Å². The summed E-state index contributed by atoms with van der Waals surface area (Å²) in [5.41, 5.74) is 10.0. The number of fused-ring (bicyclic) bond motifs is 2. The molecule has 2 aliphatic rings. The predicted molar refractivity (Wildman–Crippen MR) is 58.7 cm³/mol. The molecule has 2 bridgehead atoms. The van der Waals surface area contributed by atoms with Crippen molar-refractivity contribution in [2.24, 2.45) is 16.9 Å². The van der Waals surface area contributed by atoms with Crippen LogP contribution in [-0.4, -0.2) is 17.8 Å². The lowest BCUT2D eigenvalue weighted by atomic mass is 9.83. The Hall–Kier alpha value is -1.72. The van der Waals surface area contributed by atoms with E-state index in [0.717, 1.165) is 12.0 Å². The summed E-state index contributed by atoms with van der Waals surface area (Å²) in [7, 11) is 0. The zero-order chi connectivity index (χ0) is 12.8. The first-order valence-electron chi connectivity index (χ1n) is 5.47. The molecular formula is C11H16N2O4. The zero-order valence-corrected chi connectivity index (χ0v) is 9.91. The fourth-order valence-corrected chi connectivity index (χ4v) is 3.01. The molecule has 2 amide bonds. The van der Waals surface area contributed by atoms with Gasteiger partial charge in [0.15, 0.2) is 11.4 Å². The van der Waals surface area contributed by atoms with E-state index in [9.17, 15) is 9.59 Å². The standard InChI is InChI=1S/C11H16N2O4/c1-6-7(16-8(12)14)11(17-9(13)15)4-3-10(6,2)5-11/h3-5H2,1-2H3,(H2,12,14)(H2,13,15). The summed E-state index contributed by atoms with van der Waals surface area (Å²) in [4.78, 5) is 21.9. The Kier molecular flexibility index (Phi) is 2.34. The van der Waals surface area contributed by atoms with Crippen molar-refractivity contribution in [3.63, 3.8) is 0 Å². The van der Waals surface area contributed by atoms with Crippen molar-refractivity contribution in [3.8, 4) is 0 Å². The number of rotatable bonds is 2. The molecule has 0 spiro atoms. The van der Waals surface area contributed by atoms with Crippen molar-refractivity contribution in [1.82, 2.24) is 0 Å². The Morgan fingerprint density at radius 2 is 1.88 bits per heavy atom. The second-order valence-electron chi connectivity index (χ2n) is 5.03. The second kappa shape index (κ2) is 3.38. The van der Waals surface area contributed by atoms with E-state index in [1.165, 1.54) is 0 Å². The largest absolute Gasteiger partial charge is 0.435 e. The quantitative estimate of drug-likeness (QED) is 0.760. The molecule has 0 aliphatic heterocycles. The molecule has 17 heavy (non-hydrogen) atoms. The van der Waals surface area contributed by atoms with Crippen LogP contribution < -0.4 is 11.5 Å². The molecule has 94 valence electrons. The van der Waals surface area contributed by atoms with Gasteiger partial charge in [0.05, 0.1) is 0 Å². The van der Waals surface area contributed by atoms with Gasteiger partial charge in [-0.25, -0.2) is 9.59 Å². The topological polar surface area (TPSA) is 105 Å². The fourth-order valence-electron chi connectivity index (χ4n) is 3.01. The van der Waals surface area contributed by atoms with Crippen molar-refractivity contribution in [3.05, 3.63) is 11.3 Å². The number of carbonyl (C=O) groups is 2. The van der Waals surface area contributed by atoms with E-state index in [0.29, 0.717) is 18.6 Å². The summed E-state index contributed by atoms with van der Waals surface area (Å²) in [6.45, 7) is 3.91. The maximum atomic E-state index is 11.0. The molecule has 0 saturated heterocycles. The highest BCUT2D eigenvalue weighted by Gasteiger charge is 2.60. The summed E-state index contributed by atoms with van der Waals surface area (Å²) in [6.07, 6.45) is 0.305. The maximum Gasteiger partial charge on any atom is 0.409 e. The van der Waals surface area contributed by atoms with Gasteiger partial charge in [-0.05, 0) is 30.8 Å². The van der Waals surface area contributed by atoms with Crippen molar-refractivity contribution < 1.29 is 19.1 Å². The van der Waals surface area contributed by atoms with Crippen LogP contribution >= 0.6 is 0 Å². The van der Waals surface area contributed by atoms with Gasteiger partial charge in [-0.2, -0.15) is 0 Å². The number of ether oxygens (including phenoxy) is 2. The Bertz CT molecular complexity index is 431. The molecule has 2 rings (SSSR count). The van der Waals surface area contributed by atoms with E-state index < -0.39 is 17.8 Å². The molecule has 1 fully saturated rings. The third-order valence-electron chi connectivity index (χ3n) is 3.91. The molecular weight excluding hydrogens is 224 g/mol. The molecule has 4 N–H and O–H groups in total. The summed E-state index contributed by atoms with van der Waals surface area (Å²) < 4.78 is 10.2. The minimum absolute atomic E-state index is 0.111. The number of primary amides is 2. The summed E-state index contributed by atoms with van der Waals surface area (Å²) in [5.74, 6) is 0.359.